The van der Waals surface area contributed by atoms with E-state index in [4.69, 9.17) is 0 Å². The van der Waals surface area contributed by atoms with E-state index in [-0.39, 0.29) is 0 Å². The SMILES string of the molecule is Cc1ccccc1-c1cc(-c2ccccc2)ccc1CCc1cc(-c2ccc(N(c3ccccc3)c3ccc(-c4ccccc4)cc3)cc2)c2sc3ccccc3c2c1. The third-order valence-corrected chi connectivity index (χ3v) is 12.8. The molecule has 1 aromatic heterocycles. The molecule has 0 fully saturated rings. The smallest absolute Gasteiger partial charge is 0.0462 e. The van der Waals surface area contributed by atoms with Crippen LogP contribution in [0.3, 0.4) is 0 Å². The maximum absolute atomic E-state index is 2.45. The van der Waals surface area contributed by atoms with Gasteiger partial charge >= 0.3 is 0 Å². The summed E-state index contributed by atoms with van der Waals surface area (Å²) in [6.07, 6.45) is 1.88. The molecule has 0 unspecified atom stereocenters. The van der Waals surface area contributed by atoms with Crippen molar-refractivity contribution in [2.75, 3.05) is 4.90 Å². The van der Waals surface area contributed by atoms with Gasteiger partial charge < -0.3 is 4.90 Å². The van der Waals surface area contributed by atoms with Crippen molar-refractivity contribution in [1.29, 1.82) is 0 Å². The third-order valence-electron chi connectivity index (χ3n) is 11.6. The minimum absolute atomic E-state index is 0.940. The van der Waals surface area contributed by atoms with Gasteiger partial charge in [-0.25, -0.2) is 0 Å². The highest BCUT2D eigenvalue weighted by molar-refractivity contribution is 7.26. The number of hydrogen-bond donors (Lipinski definition) is 0. The van der Waals surface area contributed by atoms with Crippen LogP contribution in [-0.4, -0.2) is 0 Å². The number of para-hydroxylation sites is 1. The largest absolute Gasteiger partial charge is 0.311 e. The van der Waals surface area contributed by atoms with Crippen LogP contribution in [0.5, 0.6) is 0 Å². The minimum atomic E-state index is 0.940. The average Bonchev–Trinajstić information content (AvgIpc) is 3.68. The quantitative estimate of drug-likeness (QED) is 0.134. The van der Waals surface area contributed by atoms with Gasteiger partial charge in [0.25, 0.3) is 0 Å². The van der Waals surface area contributed by atoms with Crippen LogP contribution in [0.1, 0.15) is 16.7 Å². The Morgan fingerprint density at radius 1 is 0.373 bits per heavy atom. The van der Waals surface area contributed by atoms with Crippen molar-refractivity contribution < 1.29 is 0 Å². The summed E-state index contributed by atoms with van der Waals surface area (Å²) in [5, 5.41) is 2.67. The Labute approximate surface area is 351 Å². The Balaban J connectivity index is 1.02. The Morgan fingerprint density at radius 2 is 0.915 bits per heavy atom. The van der Waals surface area contributed by atoms with Gasteiger partial charge in [0.15, 0.2) is 0 Å². The van der Waals surface area contributed by atoms with Crippen LogP contribution in [0.2, 0.25) is 0 Å². The molecule has 0 bridgehead atoms. The molecule has 0 aliphatic heterocycles. The van der Waals surface area contributed by atoms with Gasteiger partial charge in [0.1, 0.15) is 0 Å². The molecular formula is C57H43NS. The highest BCUT2D eigenvalue weighted by Crippen LogP contribution is 2.43. The summed E-state index contributed by atoms with van der Waals surface area (Å²) in [4.78, 5) is 2.35. The Kier molecular flexibility index (Phi) is 9.92. The predicted molar refractivity (Wildman–Crippen MR) is 254 cm³/mol. The van der Waals surface area contributed by atoms with E-state index in [1.165, 1.54) is 81.4 Å². The normalized spacial score (nSPS) is 11.3. The lowest BCUT2D eigenvalue weighted by Gasteiger charge is -2.26. The molecule has 1 heterocycles. The molecule has 9 aromatic carbocycles. The van der Waals surface area contributed by atoms with Crippen molar-refractivity contribution >= 4 is 48.6 Å². The number of aryl methyl sites for hydroxylation is 3. The number of nitrogens with zero attached hydrogens (tertiary/aromatic N) is 1. The Bertz CT molecular complexity index is 3020. The van der Waals surface area contributed by atoms with Gasteiger partial charge in [-0.1, -0.05) is 158 Å². The maximum atomic E-state index is 2.45. The van der Waals surface area contributed by atoms with Crippen molar-refractivity contribution in [3.8, 4) is 44.5 Å². The number of fused-ring (bicyclic) bond motifs is 3. The molecule has 2 heteroatoms. The van der Waals surface area contributed by atoms with E-state index < -0.39 is 0 Å². The zero-order valence-corrected chi connectivity index (χ0v) is 33.9. The highest BCUT2D eigenvalue weighted by Gasteiger charge is 2.17. The molecule has 1 nitrogen and oxygen atoms in total. The van der Waals surface area contributed by atoms with Crippen LogP contribution >= 0.6 is 11.3 Å². The molecule has 0 aliphatic carbocycles. The first-order valence-electron chi connectivity index (χ1n) is 20.5. The molecular weight excluding hydrogens is 731 g/mol. The van der Waals surface area contributed by atoms with Gasteiger partial charge in [0.05, 0.1) is 0 Å². The monoisotopic (exact) mass is 773 g/mol. The summed E-state index contributed by atoms with van der Waals surface area (Å²) in [6.45, 7) is 2.22. The molecule has 59 heavy (non-hydrogen) atoms. The molecule has 0 atom stereocenters. The number of hydrogen-bond acceptors (Lipinski definition) is 2. The van der Waals surface area contributed by atoms with Gasteiger partial charge in [0.2, 0.25) is 0 Å². The highest BCUT2D eigenvalue weighted by atomic mass is 32.1. The number of anilines is 3. The summed E-state index contributed by atoms with van der Waals surface area (Å²) < 4.78 is 2.66. The van der Waals surface area contributed by atoms with Crippen LogP contribution in [0.15, 0.2) is 218 Å². The third kappa shape index (κ3) is 7.36. The number of rotatable bonds is 10. The van der Waals surface area contributed by atoms with E-state index in [9.17, 15) is 0 Å². The average molecular weight is 774 g/mol. The molecule has 0 spiro atoms. The van der Waals surface area contributed by atoms with Crippen LogP contribution in [0, 0.1) is 6.92 Å². The topological polar surface area (TPSA) is 3.24 Å². The predicted octanol–water partition coefficient (Wildman–Crippen LogP) is 16.3. The van der Waals surface area contributed by atoms with Gasteiger partial charge in [0, 0.05) is 37.2 Å². The van der Waals surface area contributed by atoms with Crippen LogP contribution in [0.4, 0.5) is 17.1 Å². The van der Waals surface area contributed by atoms with E-state index in [1.54, 1.807) is 0 Å². The van der Waals surface area contributed by atoms with E-state index in [0.29, 0.717) is 0 Å². The molecule has 10 aromatic rings. The second-order valence-electron chi connectivity index (χ2n) is 15.3. The fourth-order valence-electron chi connectivity index (χ4n) is 8.50. The summed E-state index contributed by atoms with van der Waals surface area (Å²) >= 11 is 1.90. The van der Waals surface area contributed by atoms with Gasteiger partial charge in [-0.2, -0.15) is 0 Å². The second-order valence-corrected chi connectivity index (χ2v) is 16.4. The van der Waals surface area contributed by atoms with Crippen molar-refractivity contribution in [2.24, 2.45) is 0 Å². The maximum Gasteiger partial charge on any atom is 0.0462 e. The van der Waals surface area contributed by atoms with Crippen LogP contribution < -0.4 is 4.90 Å². The van der Waals surface area contributed by atoms with Crippen molar-refractivity contribution in [3.63, 3.8) is 0 Å². The first-order chi connectivity index (χ1) is 29.2. The lowest BCUT2D eigenvalue weighted by Crippen LogP contribution is -2.09. The van der Waals surface area contributed by atoms with Crippen molar-refractivity contribution in [2.45, 2.75) is 19.8 Å². The first-order valence-corrected chi connectivity index (χ1v) is 21.3. The molecule has 0 saturated carbocycles. The van der Waals surface area contributed by atoms with Gasteiger partial charge in [-0.3, -0.25) is 0 Å². The molecule has 0 N–H and O–H groups in total. The standard InChI is InChI=1S/C57H43NS/c1-40-15-11-12-22-51(40)53-39-47(43-18-7-3-8-19-43)28-27-45(53)26-25-41-37-54(57-55(38-41)52-23-13-14-24-56(52)59-57)46-31-35-50(36-32-46)58(48-20-9-4-10-21-48)49-33-29-44(30-34-49)42-16-5-2-6-17-42/h2-24,27-39H,25-26H2,1H3. The summed E-state index contributed by atoms with van der Waals surface area (Å²) in [6, 6.07) is 79.7. The summed E-state index contributed by atoms with van der Waals surface area (Å²) in [5.74, 6) is 0. The zero-order valence-electron chi connectivity index (χ0n) is 33.1. The van der Waals surface area contributed by atoms with Gasteiger partial charge in [-0.15, -0.1) is 11.3 Å². The lowest BCUT2D eigenvalue weighted by atomic mass is 9.89. The summed E-state index contributed by atoms with van der Waals surface area (Å²) in [5.41, 5.74) is 17.5. The Morgan fingerprint density at radius 3 is 1.61 bits per heavy atom. The molecule has 0 amide bonds. The Hall–Kier alpha value is -7.00. The second kappa shape index (κ2) is 16.1. The minimum Gasteiger partial charge on any atom is -0.311 e. The molecule has 10 rings (SSSR count). The van der Waals surface area contributed by atoms with Crippen molar-refractivity contribution in [1.82, 2.24) is 0 Å². The van der Waals surface area contributed by atoms with E-state index in [0.717, 1.165) is 29.9 Å². The zero-order chi connectivity index (χ0) is 39.5. The summed E-state index contributed by atoms with van der Waals surface area (Å²) in [7, 11) is 0. The van der Waals surface area contributed by atoms with E-state index >= 15 is 0 Å². The fourth-order valence-corrected chi connectivity index (χ4v) is 9.72. The lowest BCUT2D eigenvalue weighted by molar-refractivity contribution is 0.965. The molecule has 0 radical (unpaired) electrons. The number of benzene rings is 9. The molecule has 282 valence electrons. The van der Waals surface area contributed by atoms with Crippen LogP contribution in [0.25, 0.3) is 64.7 Å². The molecule has 0 aliphatic rings. The van der Waals surface area contributed by atoms with Crippen LogP contribution in [-0.2, 0) is 12.8 Å². The molecule has 0 saturated heterocycles. The first kappa shape index (κ1) is 36.3. The fraction of sp³-hybridized carbons (Fsp3) is 0.0526. The van der Waals surface area contributed by atoms with E-state index in [2.05, 4.69) is 230 Å². The van der Waals surface area contributed by atoms with Gasteiger partial charge in [-0.05, 0) is 142 Å². The van der Waals surface area contributed by atoms with E-state index in [1.807, 2.05) is 11.3 Å². The number of thiophene rings is 1. The van der Waals surface area contributed by atoms with Crippen molar-refractivity contribution in [3.05, 3.63) is 235 Å².